The largest absolute Gasteiger partial charge is 0.384 e. The minimum absolute atomic E-state index is 0.655. The van der Waals surface area contributed by atoms with Crippen molar-refractivity contribution in [2.75, 3.05) is 46.4 Å². The fraction of sp³-hybridized carbons (Fsp3) is 1.00. The van der Waals surface area contributed by atoms with Gasteiger partial charge in [-0.3, -0.25) is 0 Å². The first-order valence-corrected chi connectivity index (χ1v) is 7.03. The van der Waals surface area contributed by atoms with Gasteiger partial charge in [0.05, 0.1) is 0 Å². The maximum Gasteiger partial charge on any atom is 0.0500 e. The lowest BCUT2D eigenvalue weighted by molar-refractivity contribution is 0.136. The smallest absolute Gasteiger partial charge is 0.0500 e. The maximum atomic E-state index is 5.19. The topological polar surface area (TPSA) is 24.5 Å². The molecule has 1 rings (SSSR count). The zero-order chi connectivity index (χ0) is 12.7. The van der Waals surface area contributed by atoms with E-state index in [-0.39, 0.29) is 0 Å². The molecular weight excluding hydrogens is 212 g/mol. The Morgan fingerprint density at radius 3 is 2.76 bits per heavy atom. The van der Waals surface area contributed by atoms with Gasteiger partial charge in [0.1, 0.15) is 0 Å². The summed E-state index contributed by atoms with van der Waals surface area (Å²) < 4.78 is 5.19. The minimum atomic E-state index is 0.655. The Kier molecular flexibility index (Phi) is 7.09. The van der Waals surface area contributed by atoms with Gasteiger partial charge in [0.15, 0.2) is 0 Å². The molecule has 3 nitrogen and oxygen atoms in total. The molecule has 2 atom stereocenters. The Balaban J connectivity index is 2.10. The van der Waals surface area contributed by atoms with Gasteiger partial charge in [-0.1, -0.05) is 20.8 Å². The standard InChI is InChI=1S/C14H30N2O/c1-12(2)7-15-8-14-5-6-16(10-14)9-13(3)11-17-4/h12-15H,5-11H2,1-4H3. The molecule has 0 aromatic carbocycles. The van der Waals surface area contributed by atoms with Crippen molar-refractivity contribution < 1.29 is 4.74 Å². The van der Waals surface area contributed by atoms with Crippen molar-refractivity contribution >= 4 is 0 Å². The number of hydrogen-bond donors (Lipinski definition) is 1. The van der Waals surface area contributed by atoms with E-state index < -0.39 is 0 Å². The van der Waals surface area contributed by atoms with Gasteiger partial charge >= 0.3 is 0 Å². The Labute approximate surface area is 107 Å². The molecule has 1 N–H and O–H groups in total. The predicted octanol–water partition coefficient (Wildman–Crippen LogP) is 1.84. The molecule has 17 heavy (non-hydrogen) atoms. The summed E-state index contributed by atoms with van der Waals surface area (Å²) in [5, 5.41) is 3.57. The number of hydrogen-bond acceptors (Lipinski definition) is 3. The van der Waals surface area contributed by atoms with E-state index in [1.54, 1.807) is 7.11 Å². The molecular formula is C14H30N2O. The third kappa shape index (κ3) is 6.39. The lowest BCUT2D eigenvalue weighted by Gasteiger charge is -2.20. The number of nitrogens with one attached hydrogen (secondary N) is 1. The molecule has 1 aliphatic heterocycles. The van der Waals surface area contributed by atoms with Crippen LogP contribution in [0.15, 0.2) is 0 Å². The van der Waals surface area contributed by atoms with Crippen molar-refractivity contribution in [1.29, 1.82) is 0 Å². The highest BCUT2D eigenvalue weighted by atomic mass is 16.5. The molecule has 0 spiro atoms. The van der Waals surface area contributed by atoms with Gasteiger partial charge in [0.2, 0.25) is 0 Å². The quantitative estimate of drug-likeness (QED) is 0.703. The van der Waals surface area contributed by atoms with Crippen LogP contribution in [0.5, 0.6) is 0 Å². The van der Waals surface area contributed by atoms with E-state index in [0.717, 1.165) is 25.0 Å². The molecule has 0 radical (unpaired) electrons. The number of methoxy groups -OCH3 is 1. The van der Waals surface area contributed by atoms with Crippen LogP contribution in [-0.2, 0) is 4.74 Å². The first-order valence-electron chi connectivity index (χ1n) is 7.03. The van der Waals surface area contributed by atoms with Gasteiger partial charge in [-0.15, -0.1) is 0 Å². The summed E-state index contributed by atoms with van der Waals surface area (Å²) in [6.07, 6.45) is 1.35. The van der Waals surface area contributed by atoms with E-state index >= 15 is 0 Å². The molecule has 1 heterocycles. The molecule has 0 amide bonds. The molecule has 1 saturated heterocycles. The van der Waals surface area contributed by atoms with Crippen LogP contribution in [0.2, 0.25) is 0 Å². The van der Waals surface area contributed by atoms with Crippen LogP contribution in [0, 0.1) is 17.8 Å². The average Bonchev–Trinajstić information content (AvgIpc) is 2.65. The van der Waals surface area contributed by atoms with E-state index in [9.17, 15) is 0 Å². The second-order valence-electron chi connectivity index (χ2n) is 6.03. The molecule has 0 aromatic rings. The summed E-state index contributed by atoms with van der Waals surface area (Å²) in [7, 11) is 1.79. The molecule has 1 fully saturated rings. The van der Waals surface area contributed by atoms with Crippen molar-refractivity contribution in [2.24, 2.45) is 17.8 Å². The molecule has 0 saturated carbocycles. The van der Waals surface area contributed by atoms with Crippen LogP contribution in [-0.4, -0.2) is 51.3 Å². The van der Waals surface area contributed by atoms with Crippen molar-refractivity contribution in [1.82, 2.24) is 10.2 Å². The summed E-state index contributed by atoms with van der Waals surface area (Å²) >= 11 is 0. The summed E-state index contributed by atoms with van der Waals surface area (Å²) in [6.45, 7) is 13.7. The van der Waals surface area contributed by atoms with Crippen molar-refractivity contribution in [3.63, 3.8) is 0 Å². The van der Waals surface area contributed by atoms with Crippen LogP contribution >= 0.6 is 0 Å². The first kappa shape index (κ1) is 14.9. The van der Waals surface area contributed by atoms with Crippen LogP contribution in [0.1, 0.15) is 27.2 Å². The third-order valence-corrected chi connectivity index (χ3v) is 3.38. The van der Waals surface area contributed by atoms with Crippen LogP contribution < -0.4 is 5.32 Å². The van der Waals surface area contributed by atoms with Gasteiger partial charge in [0.25, 0.3) is 0 Å². The lowest BCUT2D eigenvalue weighted by atomic mass is 10.1. The van der Waals surface area contributed by atoms with Crippen molar-refractivity contribution in [3.8, 4) is 0 Å². The fourth-order valence-corrected chi connectivity index (χ4v) is 2.60. The maximum absolute atomic E-state index is 5.19. The SMILES string of the molecule is COCC(C)CN1CCC(CNCC(C)C)C1. The molecule has 0 aromatic heterocycles. The molecule has 102 valence electrons. The number of likely N-dealkylation sites (tertiary alicyclic amines) is 1. The highest BCUT2D eigenvalue weighted by Crippen LogP contribution is 2.16. The molecule has 0 aliphatic carbocycles. The molecule has 0 bridgehead atoms. The molecule has 1 aliphatic rings. The zero-order valence-corrected chi connectivity index (χ0v) is 12.0. The van der Waals surface area contributed by atoms with Gasteiger partial charge in [0, 0.05) is 26.8 Å². The highest BCUT2D eigenvalue weighted by Gasteiger charge is 2.23. The summed E-state index contributed by atoms with van der Waals surface area (Å²) in [6, 6.07) is 0. The lowest BCUT2D eigenvalue weighted by Crippen LogP contribution is -2.31. The second kappa shape index (κ2) is 8.06. The number of ether oxygens (including phenoxy) is 1. The Morgan fingerprint density at radius 2 is 2.12 bits per heavy atom. The van der Waals surface area contributed by atoms with Gasteiger partial charge < -0.3 is 15.0 Å². The van der Waals surface area contributed by atoms with E-state index in [1.165, 1.54) is 32.6 Å². The number of nitrogens with zero attached hydrogens (tertiary/aromatic N) is 1. The van der Waals surface area contributed by atoms with Gasteiger partial charge in [-0.2, -0.15) is 0 Å². The Bertz CT molecular complexity index is 197. The van der Waals surface area contributed by atoms with Crippen LogP contribution in [0.3, 0.4) is 0 Å². The first-order chi connectivity index (χ1) is 8.11. The number of rotatable bonds is 8. The highest BCUT2D eigenvalue weighted by molar-refractivity contribution is 4.78. The summed E-state index contributed by atoms with van der Waals surface area (Å²) in [5.74, 6) is 2.26. The Hall–Kier alpha value is -0.120. The Morgan fingerprint density at radius 1 is 1.35 bits per heavy atom. The molecule has 3 heteroatoms. The van der Waals surface area contributed by atoms with Crippen LogP contribution in [0.25, 0.3) is 0 Å². The third-order valence-electron chi connectivity index (χ3n) is 3.38. The zero-order valence-electron chi connectivity index (χ0n) is 12.0. The van der Waals surface area contributed by atoms with Crippen molar-refractivity contribution in [2.45, 2.75) is 27.2 Å². The minimum Gasteiger partial charge on any atom is -0.384 e. The van der Waals surface area contributed by atoms with E-state index in [4.69, 9.17) is 4.74 Å². The predicted molar refractivity (Wildman–Crippen MR) is 73.3 cm³/mol. The summed E-state index contributed by atoms with van der Waals surface area (Å²) in [4.78, 5) is 2.59. The van der Waals surface area contributed by atoms with Gasteiger partial charge in [-0.25, -0.2) is 0 Å². The van der Waals surface area contributed by atoms with E-state index in [1.807, 2.05) is 0 Å². The second-order valence-corrected chi connectivity index (χ2v) is 6.03. The summed E-state index contributed by atoms with van der Waals surface area (Å²) in [5.41, 5.74) is 0. The fourth-order valence-electron chi connectivity index (χ4n) is 2.60. The van der Waals surface area contributed by atoms with Gasteiger partial charge in [-0.05, 0) is 43.8 Å². The average molecular weight is 242 g/mol. The molecule has 2 unspecified atom stereocenters. The van der Waals surface area contributed by atoms with Crippen LogP contribution in [0.4, 0.5) is 0 Å². The van der Waals surface area contributed by atoms with E-state index in [0.29, 0.717) is 5.92 Å². The van der Waals surface area contributed by atoms with E-state index in [2.05, 4.69) is 31.0 Å². The monoisotopic (exact) mass is 242 g/mol. The van der Waals surface area contributed by atoms with Crippen molar-refractivity contribution in [3.05, 3.63) is 0 Å². The normalized spacial score (nSPS) is 23.5.